The van der Waals surface area contributed by atoms with E-state index < -0.39 is 5.54 Å². The molecule has 1 saturated heterocycles. The van der Waals surface area contributed by atoms with E-state index in [9.17, 15) is 4.79 Å². The molecule has 1 aliphatic heterocycles. The van der Waals surface area contributed by atoms with Gasteiger partial charge < -0.3 is 15.8 Å². The Balaban J connectivity index is 2.06. The zero-order valence-corrected chi connectivity index (χ0v) is 11.0. The van der Waals surface area contributed by atoms with E-state index in [1.54, 1.807) is 6.07 Å². The summed E-state index contributed by atoms with van der Waals surface area (Å²) in [7, 11) is 0. The first-order valence-corrected chi connectivity index (χ1v) is 6.33. The third-order valence-corrected chi connectivity index (χ3v) is 3.57. The molecule has 3 N–H and O–H groups in total. The van der Waals surface area contributed by atoms with Gasteiger partial charge in [-0.25, -0.2) is 0 Å². The lowest BCUT2D eigenvalue weighted by molar-refractivity contribution is -0.127. The topological polar surface area (TPSA) is 64.4 Å². The lowest BCUT2D eigenvalue weighted by Crippen LogP contribution is -2.54. The van der Waals surface area contributed by atoms with E-state index >= 15 is 0 Å². The van der Waals surface area contributed by atoms with E-state index in [0.717, 1.165) is 5.56 Å². The summed E-state index contributed by atoms with van der Waals surface area (Å²) < 4.78 is 5.18. The Kier molecular flexibility index (Phi) is 3.90. The molecule has 0 radical (unpaired) electrons. The first kappa shape index (κ1) is 13.3. The molecule has 0 aromatic heterocycles. The highest BCUT2D eigenvalue weighted by Gasteiger charge is 2.38. The van der Waals surface area contributed by atoms with E-state index in [4.69, 9.17) is 22.1 Å². The zero-order chi connectivity index (χ0) is 13.2. The van der Waals surface area contributed by atoms with Crippen molar-refractivity contribution in [1.82, 2.24) is 5.32 Å². The van der Waals surface area contributed by atoms with Crippen molar-refractivity contribution in [3.05, 3.63) is 34.9 Å². The average Bonchev–Trinajstić information content (AvgIpc) is 2.78. The second-order valence-electron chi connectivity index (χ2n) is 4.68. The highest BCUT2D eigenvalue weighted by atomic mass is 35.5. The Bertz CT molecular complexity index is 444. The quantitative estimate of drug-likeness (QED) is 0.876. The van der Waals surface area contributed by atoms with Crippen molar-refractivity contribution in [2.45, 2.75) is 24.9 Å². The molecule has 0 spiro atoms. The molecular weight excluding hydrogens is 252 g/mol. The van der Waals surface area contributed by atoms with Gasteiger partial charge in [0.15, 0.2) is 0 Å². The third-order valence-electron chi connectivity index (χ3n) is 3.22. The normalized spacial score (nSPS) is 24.8. The molecule has 1 aromatic carbocycles. The van der Waals surface area contributed by atoms with Crippen molar-refractivity contribution in [2.24, 2.45) is 5.73 Å². The number of ether oxygens (including phenoxy) is 1. The van der Waals surface area contributed by atoms with Gasteiger partial charge in [0.05, 0.1) is 12.6 Å². The fourth-order valence-electron chi connectivity index (χ4n) is 2.00. The maximum Gasteiger partial charge on any atom is 0.243 e. The largest absolute Gasteiger partial charge is 0.379 e. The van der Waals surface area contributed by atoms with Crippen LogP contribution in [0, 0.1) is 0 Å². The summed E-state index contributed by atoms with van der Waals surface area (Å²) in [4.78, 5) is 12.1. The molecule has 4 nitrogen and oxygen atoms in total. The Morgan fingerprint density at radius 1 is 1.56 bits per heavy atom. The molecule has 1 heterocycles. The van der Waals surface area contributed by atoms with Gasteiger partial charge in [-0.3, -0.25) is 4.79 Å². The van der Waals surface area contributed by atoms with Crippen LogP contribution in [-0.4, -0.2) is 24.7 Å². The highest BCUT2D eigenvalue weighted by Crippen LogP contribution is 2.23. The standard InChI is InChI=1S/C13H17ClN2O2/c1-9(10-4-2-3-5-11(10)14)16-12(17)13(15)6-7-18-8-13/h2-5,9H,6-8,15H2,1H3,(H,16,17)/t9-,13?/m1/s1. The molecule has 2 rings (SSSR count). The number of hydrogen-bond donors (Lipinski definition) is 2. The first-order valence-electron chi connectivity index (χ1n) is 5.95. The van der Waals surface area contributed by atoms with Gasteiger partial charge in [-0.1, -0.05) is 29.8 Å². The predicted octanol–water partition coefficient (Wildman–Crippen LogP) is 1.63. The van der Waals surface area contributed by atoms with E-state index in [1.165, 1.54) is 0 Å². The van der Waals surface area contributed by atoms with Crippen LogP contribution in [0.3, 0.4) is 0 Å². The second kappa shape index (κ2) is 5.26. The van der Waals surface area contributed by atoms with E-state index in [2.05, 4.69) is 5.32 Å². The molecule has 98 valence electrons. The fraction of sp³-hybridized carbons (Fsp3) is 0.462. The van der Waals surface area contributed by atoms with Crippen molar-refractivity contribution in [3.8, 4) is 0 Å². The van der Waals surface area contributed by atoms with Gasteiger partial charge in [-0.05, 0) is 25.0 Å². The Labute approximate surface area is 111 Å². The summed E-state index contributed by atoms with van der Waals surface area (Å²) in [6.45, 7) is 2.69. The number of nitrogens with two attached hydrogens (primary N) is 1. The molecule has 1 aliphatic rings. The van der Waals surface area contributed by atoms with Crippen LogP contribution in [0.5, 0.6) is 0 Å². The van der Waals surface area contributed by atoms with Gasteiger partial charge in [0.25, 0.3) is 0 Å². The van der Waals surface area contributed by atoms with Gasteiger partial charge in [0, 0.05) is 11.6 Å². The fourth-order valence-corrected chi connectivity index (χ4v) is 2.30. The molecule has 0 bridgehead atoms. The Morgan fingerprint density at radius 2 is 2.28 bits per heavy atom. The first-order chi connectivity index (χ1) is 8.53. The molecule has 2 atom stereocenters. The molecule has 1 amide bonds. The molecule has 1 fully saturated rings. The van der Waals surface area contributed by atoms with Crippen LogP contribution in [-0.2, 0) is 9.53 Å². The summed E-state index contributed by atoms with van der Waals surface area (Å²) in [5.74, 6) is -0.188. The number of rotatable bonds is 3. The molecule has 1 aromatic rings. The summed E-state index contributed by atoms with van der Waals surface area (Å²) in [6.07, 6.45) is 0.550. The van der Waals surface area contributed by atoms with E-state index in [1.807, 2.05) is 25.1 Å². The summed E-state index contributed by atoms with van der Waals surface area (Å²) in [5.41, 5.74) is 5.97. The Morgan fingerprint density at radius 3 is 2.89 bits per heavy atom. The lowest BCUT2D eigenvalue weighted by Gasteiger charge is -2.24. The maximum atomic E-state index is 12.1. The van der Waals surface area contributed by atoms with Crippen molar-refractivity contribution >= 4 is 17.5 Å². The van der Waals surface area contributed by atoms with Crippen LogP contribution < -0.4 is 11.1 Å². The second-order valence-corrected chi connectivity index (χ2v) is 5.08. The van der Waals surface area contributed by atoms with E-state index in [0.29, 0.717) is 18.1 Å². The van der Waals surface area contributed by atoms with Crippen molar-refractivity contribution < 1.29 is 9.53 Å². The molecule has 1 unspecified atom stereocenters. The number of amides is 1. The zero-order valence-electron chi connectivity index (χ0n) is 10.3. The van der Waals surface area contributed by atoms with Gasteiger partial charge in [0.1, 0.15) is 5.54 Å². The summed E-state index contributed by atoms with van der Waals surface area (Å²) in [5, 5.41) is 3.53. The van der Waals surface area contributed by atoms with Crippen LogP contribution in [0.1, 0.15) is 24.9 Å². The van der Waals surface area contributed by atoms with Crippen molar-refractivity contribution in [2.75, 3.05) is 13.2 Å². The minimum atomic E-state index is -0.907. The SMILES string of the molecule is C[C@@H](NC(=O)C1(N)CCOC1)c1ccccc1Cl. The van der Waals surface area contributed by atoms with Crippen molar-refractivity contribution in [3.63, 3.8) is 0 Å². The lowest BCUT2D eigenvalue weighted by atomic mass is 9.98. The average molecular weight is 269 g/mol. The number of carbonyl (C=O) groups excluding carboxylic acids is 1. The number of hydrogen-bond acceptors (Lipinski definition) is 3. The van der Waals surface area contributed by atoms with Gasteiger partial charge in [0.2, 0.25) is 5.91 Å². The smallest absolute Gasteiger partial charge is 0.243 e. The predicted molar refractivity (Wildman–Crippen MR) is 70.4 cm³/mol. The van der Waals surface area contributed by atoms with Crippen molar-refractivity contribution in [1.29, 1.82) is 0 Å². The van der Waals surface area contributed by atoms with Crippen LogP contribution >= 0.6 is 11.6 Å². The number of carbonyl (C=O) groups is 1. The monoisotopic (exact) mass is 268 g/mol. The van der Waals surface area contributed by atoms with Crippen LogP contribution in [0.2, 0.25) is 5.02 Å². The van der Waals surface area contributed by atoms with E-state index in [-0.39, 0.29) is 18.6 Å². The molecule has 18 heavy (non-hydrogen) atoms. The van der Waals surface area contributed by atoms with Gasteiger partial charge in [-0.2, -0.15) is 0 Å². The summed E-state index contributed by atoms with van der Waals surface area (Å²) >= 11 is 6.09. The number of halogens is 1. The molecule has 5 heteroatoms. The minimum absolute atomic E-state index is 0.174. The van der Waals surface area contributed by atoms with Gasteiger partial charge >= 0.3 is 0 Å². The van der Waals surface area contributed by atoms with Gasteiger partial charge in [-0.15, -0.1) is 0 Å². The molecule has 0 saturated carbocycles. The van der Waals surface area contributed by atoms with Crippen LogP contribution in [0.4, 0.5) is 0 Å². The third kappa shape index (κ3) is 2.66. The molecular formula is C13H17ClN2O2. The van der Waals surface area contributed by atoms with Crippen LogP contribution in [0.25, 0.3) is 0 Å². The highest BCUT2D eigenvalue weighted by molar-refractivity contribution is 6.31. The summed E-state index contributed by atoms with van der Waals surface area (Å²) in [6, 6.07) is 7.27. The number of benzene rings is 1. The molecule has 0 aliphatic carbocycles. The minimum Gasteiger partial charge on any atom is -0.379 e. The Hall–Kier alpha value is -1.10. The maximum absolute atomic E-state index is 12.1. The van der Waals surface area contributed by atoms with Crippen LogP contribution in [0.15, 0.2) is 24.3 Å². The number of nitrogens with one attached hydrogen (secondary N) is 1.